The van der Waals surface area contributed by atoms with Crippen LogP contribution in [0.3, 0.4) is 0 Å². The zero-order valence-corrected chi connectivity index (χ0v) is 17.2. The van der Waals surface area contributed by atoms with Gasteiger partial charge in [-0.05, 0) is 25.1 Å². The van der Waals surface area contributed by atoms with E-state index in [4.69, 9.17) is 9.47 Å². The molecular weight excluding hydrogens is 400 g/mol. The van der Waals surface area contributed by atoms with Gasteiger partial charge >= 0.3 is 11.9 Å². The second kappa shape index (κ2) is 9.72. The maximum absolute atomic E-state index is 12.5. The van der Waals surface area contributed by atoms with Crippen LogP contribution in [0.5, 0.6) is 0 Å². The normalized spacial score (nSPS) is 10.2. The van der Waals surface area contributed by atoms with Crippen molar-refractivity contribution in [2.75, 3.05) is 13.7 Å². The number of nitrogens with zero attached hydrogens (tertiary/aromatic N) is 2. The van der Waals surface area contributed by atoms with Crippen LogP contribution in [0.1, 0.15) is 33.2 Å². The standard InChI is InChI=1S/C23H18N2O4S/c1-3-29-23(27)18-13-16(14-24)21(25-20(18)15-9-5-4-6-10-15)30-19-12-8-7-11-17(19)22(26)28-2/h4-13H,3H2,1-2H3. The average molecular weight is 418 g/mol. The molecule has 0 bridgehead atoms. The molecule has 1 heterocycles. The van der Waals surface area contributed by atoms with E-state index in [2.05, 4.69) is 11.1 Å². The van der Waals surface area contributed by atoms with Gasteiger partial charge < -0.3 is 9.47 Å². The molecule has 0 spiro atoms. The highest BCUT2D eigenvalue weighted by atomic mass is 32.2. The number of hydrogen-bond donors (Lipinski definition) is 0. The summed E-state index contributed by atoms with van der Waals surface area (Å²) in [7, 11) is 1.31. The van der Waals surface area contributed by atoms with Gasteiger partial charge in [-0.1, -0.05) is 54.2 Å². The molecule has 3 aromatic rings. The van der Waals surface area contributed by atoms with E-state index in [0.717, 1.165) is 0 Å². The third-order valence-corrected chi connectivity index (χ3v) is 5.23. The smallest absolute Gasteiger partial charge is 0.340 e. The quantitative estimate of drug-likeness (QED) is 0.534. The van der Waals surface area contributed by atoms with Gasteiger partial charge in [0.1, 0.15) is 11.1 Å². The highest BCUT2D eigenvalue weighted by molar-refractivity contribution is 7.99. The molecule has 0 atom stereocenters. The molecule has 0 aliphatic heterocycles. The fourth-order valence-electron chi connectivity index (χ4n) is 2.77. The van der Waals surface area contributed by atoms with Gasteiger partial charge in [0.05, 0.1) is 36.1 Å². The first-order valence-corrected chi connectivity index (χ1v) is 9.93. The molecule has 2 aromatic carbocycles. The van der Waals surface area contributed by atoms with Crippen molar-refractivity contribution >= 4 is 23.7 Å². The molecule has 0 unspecified atom stereocenters. The summed E-state index contributed by atoms with van der Waals surface area (Å²) in [5.74, 6) is -1.03. The first-order chi connectivity index (χ1) is 14.6. The fraction of sp³-hybridized carbons (Fsp3) is 0.130. The Hall–Kier alpha value is -3.63. The third kappa shape index (κ3) is 4.50. The molecule has 7 heteroatoms. The van der Waals surface area contributed by atoms with Crippen LogP contribution in [-0.4, -0.2) is 30.6 Å². The second-order valence-electron chi connectivity index (χ2n) is 6.03. The monoisotopic (exact) mass is 418 g/mol. The lowest BCUT2D eigenvalue weighted by Crippen LogP contribution is -2.09. The Bertz CT molecular complexity index is 1120. The molecule has 0 aliphatic carbocycles. The van der Waals surface area contributed by atoms with Gasteiger partial charge in [0.15, 0.2) is 0 Å². The van der Waals surface area contributed by atoms with E-state index < -0.39 is 11.9 Å². The number of pyridine rings is 1. The van der Waals surface area contributed by atoms with E-state index in [0.29, 0.717) is 26.7 Å². The van der Waals surface area contributed by atoms with E-state index in [9.17, 15) is 14.9 Å². The summed E-state index contributed by atoms with van der Waals surface area (Å²) < 4.78 is 10.00. The SMILES string of the molecule is CCOC(=O)c1cc(C#N)c(Sc2ccccc2C(=O)OC)nc1-c1ccccc1. The minimum Gasteiger partial charge on any atom is -0.465 e. The molecule has 0 radical (unpaired) electrons. The van der Waals surface area contributed by atoms with Gasteiger partial charge in [0.25, 0.3) is 0 Å². The van der Waals surface area contributed by atoms with E-state index >= 15 is 0 Å². The highest BCUT2D eigenvalue weighted by Crippen LogP contribution is 2.35. The second-order valence-corrected chi connectivity index (χ2v) is 7.06. The summed E-state index contributed by atoms with van der Waals surface area (Å²) >= 11 is 1.17. The summed E-state index contributed by atoms with van der Waals surface area (Å²) in [6.45, 7) is 1.92. The van der Waals surface area contributed by atoms with Gasteiger partial charge in [-0.25, -0.2) is 14.6 Å². The van der Waals surface area contributed by atoms with Crippen molar-refractivity contribution in [1.29, 1.82) is 5.26 Å². The molecule has 0 amide bonds. The Morgan fingerprint density at radius 2 is 1.73 bits per heavy atom. The van der Waals surface area contributed by atoms with Crippen LogP contribution >= 0.6 is 11.8 Å². The fourth-order valence-corrected chi connectivity index (χ4v) is 3.74. The third-order valence-electron chi connectivity index (χ3n) is 4.15. The van der Waals surface area contributed by atoms with Gasteiger partial charge in [0.2, 0.25) is 0 Å². The zero-order valence-electron chi connectivity index (χ0n) is 16.4. The maximum Gasteiger partial charge on any atom is 0.340 e. The van der Waals surface area contributed by atoms with Gasteiger partial charge in [-0.2, -0.15) is 5.26 Å². The summed E-state index contributed by atoms with van der Waals surface area (Å²) in [6.07, 6.45) is 0. The van der Waals surface area contributed by atoms with E-state index in [1.54, 1.807) is 31.2 Å². The highest BCUT2D eigenvalue weighted by Gasteiger charge is 2.21. The summed E-state index contributed by atoms with van der Waals surface area (Å²) in [4.78, 5) is 29.8. The van der Waals surface area contributed by atoms with E-state index in [1.807, 2.05) is 30.3 Å². The van der Waals surface area contributed by atoms with Crippen LogP contribution in [0.4, 0.5) is 0 Å². The van der Waals surface area contributed by atoms with Crippen molar-refractivity contribution < 1.29 is 19.1 Å². The van der Waals surface area contributed by atoms with Crippen LogP contribution in [0.15, 0.2) is 70.6 Å². The average Bonchev–Trinajstić information content (AvgIpc) is 2.79. The van der Waals surface area contributed by atoms with Crippen molar-refractivity contribution in [3.63, 3.8) is 0 Å². The first-order valence-electron chi connectivity index (χ1n) is 9.11. The van der Waals surface area contributed by atoms with Crippen molar-refractivity contribution in [1.82, 2.24) is 4.98 Å². The topological polar surface area (TPSA) is 89.3 Å². The molecule has 30 heavy (non-hydrogen) atoms. The molecule has 0 saturated heterocycles. The predicted molar refractivity (Wildman–Crippen MR) is 112 cm³/mol. The molecule has 3 rings (SSSR count). The molecule has 1 aromatic heterocycles. The zero-order chi connectivity index (χ0) is 21.5. The Morgan fingerprint density at radius 1 is 1.03 bits per heavy atom. The minimum atomic E-state index is -0.549. The van der Waals surface area contributed by atoms with Gasteiger partial charge in [-0.3, -0.25) is 0 Å². The van der Waals surface area contributed by atoms with Crippen molar-refractivity contribution in [3.8, 4) is 17.3 Å². The Labute approximate surface area is 178 Å². The molecular formula is C23H18N2O4S. The number of methoxy groups -OCH3 is 1. The van der Waals surface area contributed by atoms with Crippen molar-refractivity contribution in [2.45, 2.75) is 16.8 Å². The molecule has 6 nitrogen and oxygen atoms in total. The lowest BCUT2D eigenvalue weighted by atomic mass is 10.0. The van der Waals surface area contributed by atoms with Gasteiger partial charge in [-0.15, -0.1) is 0 Å². The Balaban J connectivity index is 2.16. The molecule has 150 valence electrons. The maximum atomic E-state index is 12.5. The summed E-state index contributed by atoms with van der Waals surface area (Å²) in [6, 6.07) is 19.7. The molecule has 0 saturated carbocycles. The van der Waals surface area contributed by atoms with E-state index in [-0.39, 0.29) is 17.7 Å². The van der Waals surface area contributed by atoms with Crippen LogP contribution in [0.2, 0.25) is 0 Å². The number of hydrogen-bond acceptors (Lipinski definition) is 7. The van der Waals surface area contributed by atoms with E-state index in [1.165, 1.54) is 24.9 Å². The van der Waals surface area contributed by atoms with Crippen molar-refractivity contribution in [3.05, 3.63) is 77.4 Å². The van der Waals surface area contributed by atoms with Crippen LogP contribution in [0, 0.1) is 11.3 Å². The number of carbonyl (C=O) groups excluding carboxylic acids is 2. The first kappa shape index (κ1) is 21.1. The molecule has 0 fully saturated rings. The lowest BCUT2D eigenvalue weighted by Gasteiger charge is -2.13. The number of esters is 2. The molecule has 0 N–H and O–H groups in total. The van der Waals surface area contributed by atoms with Crippen LogP contribution < -0.4 is 0 Å². The van der Waals surface area contributed by atoms with Crippen LogP contribution in [-0.2, 0) is 9.47 Å². The number of benzene rings is 2. The Kier molecular flexibility index (Phi) is 6.83. The van der Waals surface area contributed by atoms with Gasteiger partial charge in [0, 0.05) is 10.5 Å². The predicted octanol–water partition coefficient (Wildman–Crippen LogP) is 4.73. The number of carbonyl (C=O) groups is 2. The summed E-state index contributed by atoms with van der Waals surface area (Å²) in [5.41, 5.74) is 1.92. The largest absolute Gasteiger partial charge is 0.465 e. The summed E-state index contributed by atoms with van der Waals surface area (Å²) in [5, 5.41) is 10.0. The Morgan fingerprint density at radius 3 is 2.40 bits per heavy atom. The van der Waals surface area contributed by atoms with Crippen molar-refractivity contribution in [2.24, 2.45) is 0 Å². The van der Waals surface area contributed by atoms with Crippen LogP contribution in [0.25, 0.3) is 11.3 Å². The lowest BCUT2D eigenvalue weighted by molar-refractivity contribution is 0.0525. The number of ether oxygens (including phenoxy) is 2. The number of aromatic nitrogens is 1. The minimum absolute atomic E-state index is 0.206. The number of nitriles is 1. The number of rotatable bonds is 6. The molecule has 0 aliphatic rings.